The van der Waals surface area contributed by atoms with E-state index in [1.54, 1.807) is 11.1 Å². The van der Waals surface area contributed by atoms with Gasteiger partial charge in [0.05, 0.1) is 5.52 Å². The van der Waals surface area contributed by atoms with E-state index in [4.69, 9.17) is 4.98 Å². The van der Waals surface area contributed by atoms with Crippen LogP contribution in [0.5, 0.6) is 0 Å². The molecular formula is C26H29N5O3. The van der Waals surface area contributed by atoms with Crippen molar-refractivity contribution in [2.24, 2.45) is 0 Å². The molecule has 1 atom stereocenters. The highest BCUT2D eigenvalue weighted by Crippen LogP contribution is 2.24. The number of hydrogen-bond donors (Lipinski definition) is 2. The van der Waals surface area contributed by atoms with Crippen molar-refractivity contribution in [2.45, 2.75) is 31.6 Å². The van der Waals surface area contributed by atoms with Gasteiger partial charge in [0.2, 0.25) is 0 Å². The largest absolute Gasteiger partial charge is 0.481 e. The van der Waals surface area contributed by atoms with E-state index in [0.29, 0.717) is 25.2 Å². The Morgan fingerprint density at radius 1 is 1.15 bits per heavy atom. The van der Waals surface area contributed by atoms with Gasteiger partial charge in [0, 0.05) is 50.0 Å². The molecule has 1 fully saturated rings. The van der Waals surface area contributed by atoms with Crippen LogP contribution in [-0.4, -0.2) is 69.6 Å². The van der Waals surface area contributed by atoms with Gasteiger partial charge in [0.25, 0.3) is 0 Å². The van der Waals surface area contributed by atoms with Crippen LogP contribution in [0.4, 0.5) is 10.6 Å². The van der Waals surface area contributed by atoms with Crippen molar-refractivity contribution in [1.82, 2.24) is 19.8 Å². The van der Waals surface area contributed by atoms with E-state index in [1.807, 2.05) is 35.2 Å². The van der Waals surface area contributed by atoms with Crippen molar-refractivity contribution in [3.05, 3.63) is 65.5 Å². The van der Waals surface area contributed by atoms with E-state index in [1.165, 1.54) is 5.56 Å². The van der Waals surface area contributed by atoms with Crippen LogP contribution >= 0.6 is 0 Å². The number of urea groups is 1. The summed E-state index contributed by atoms with van der Waals surface area (Å²) in [5.41, 5.74) is 3.74. The average molecular weight is 460 g/mol. The van der Waals surface area contributed by atoms with Gasteiger partial charge in [-0.1, -0.05) is 24.3 Å². The van der Waals surface area contributed by atoms with Crippen molar-refractivity contribution in [2.75, 3.05) is 38.0 Å². The molecule has 4 heterocycles. The number of aromatic nitrogens is 2. The number of carbonyl (C=O) groups is 2. The Kier molecular flexibility index (Phi) is 6.29. The first kappa shape index (κ1) is 22.1. The van der Waals surface area contributed by atoms with Crippen molar-refractivity contribution in [3.63, 3.8) is 0 Å². The van der Waals surface area contributed by atoms with Gasteiger partial charge in [0.15, 0.2) is 0 Å². The van der Waals surface area contributed by atoms with Crippen LogP contribution in [0.1, 0.15) is 35.6 Å². The molecule has 1 saturated heterocycles. The predicted molar refractivity (Wildman–Crippen MR) is 130 cm³/mol. The lowest BCUT2D eigenvalue weighted by molar-refractivity contribution is -0.139. The van der Waals surface area contributed by atoms with Gasteiger partial charge >= 0.3 is 12.0 Å². The van der Waals surface area contributed by atoms with Crippen LogP contribution in [0, 0.1) is 0 Å². The number of benzene rings is 1. The summed E-state index contributed by atoms with van der Waals surface area (Å²) in [7, 11) is 0. The minimum atomic E-state index is -0.949. The quantitative estimate of drug-likeness (QED) is 0.535. The van der Waals surface area contributed by atoms with E-state index in [2.05, 4.69) is 22.4 Å². The SMILES string of the molecule is O=C(O)[C@H](CN1CCN(CCCc2ccc3c(n2)NCCC3)C1=O)c1cnc2ccccc2c1. The van der Waals surface area contributed by atoms with Gasteiger partial charge in [-0.15, -0.1) is 0 Å². The zero-order valence-corrected chi connectivity index (χ0v) is 19.1. The molecule has 1 aromatic carbocycles. The molecule has 2 N–H and O–H groups in total. The van der Waals surface area contributed by atoms with Crippen molar-refractivity contribution < 1.29 is 14.7 Å². The zero-order chi connectivity index (χ0) is 23.5. The fourth-order valence-electron chi connectivity index (χ4n) is 4.79. The number of anilines is 1. The number of nitrogens with one attached hydrogen (secondary N) is 1. The number of aryl methyl sites for hydroxylation is 2. The molecule has 5 rings (SSSR count). The number of aliphatic carboxylic acids is 1. The number of para-hydroxylation sites is 1. The summed E-state index contributed by atoms with van der Waals surface area (Å²) >= 11 is 0. The number of hydrogen-bond acceptors (Lipinski definition) is 5. The number of carboxylic acid groups (broad SMARTS) is 1. The molecule has 0 unspecified atom stereocenters. The van der Waals surface area contributed by atoms with E-state index in [-0.39, 0.29) is 12.6 Å². The zero-order valence-electron chi connectivity index (χ0n) is 19.1. The number of nitrogens with zero attached hydrogens (tertiary/aromatic N) is 4. The normalized spacial score (nSPS) is 16.4. The second-order valence-corrected chi connectivity index (χ2v) is 9.01. The van der Waals surface area contributed by atoms with Gasteiger partial charge in [-0.25, -0.2) is 9.78 Å². The summed E-state index contributed by atoms with van der Waals surface area (Å²) in [6.45, 7) is 2.89. The molecule has 2 aromatic heterocycles. The molecule has 34 heavy (non-hydrogen) atoms. The molecule has 0 bridgehead atoms. The fraction of sp³-hybridized carbons (Fsp3) is 0.385. The summed E-state index contributed by atoms with van der Waals surface area (Å²) in [5.74, 6) is -0.765. The number of rotatable bonds is 8. The second-order valence-electron chi connectivity index (χ2n) is 9.01. The highest BCUT2D eigenvalue weighted by molar-refractivity contribution is 5.83. The molecule has 8 nitrogen and oxygen atoms in total. The minimum absolute atomic E-state index is 0.0972. The molecule has 2 aliphatic rings. The van der Waals surface area contributed by atoms with Gasteiger partial charge in [-0.05, 0) is 55.0 Å². The maximum absolute atomic E-state index is 13.0. The van der Waals surface area contributed by atoms with Gasteiger partial charge in [0.1, 0.15) is 11.7 Å². The number of carboxylic acids is 1. The molecule has 2 amide bonds. The van der Waals surface area contributed by atoms with Gasteiger partial charge in [-0.2, -0.15) is 0 Å². The van der Waals surface area contributed by atoms with Crippen LogP contribution in [0.25, 0.3) is 10.9 Å². The molecule has 0 spiro atoms. The van der Waals surface area contributed by atoms with E-state index < -0.39 is 11.9 Å². The molecule has 176 valence electrons. The summed E-state index contributed by atoms with van der Waals surface area (Å²) in [4.78, 5) is 37.6. The van der Waals surface area contributed by atoms with Crippen molar-refractivity contribution >= 4 is 28.7 Å². The number of fused-ring (bicyclic) bond motifs is 2. The highest BCUT2D eigenvalue weighted by Gasteiger charge is 2.32. The van der Waals surface area contributed by atoms with Crippen molar-refractivity contribution in [1.29, 1.82) is 0 Å². The Hall–Kier alpha value is -3.68. The van der Waals surface area contributed by atoms with Crippen LogP contribution in [0.3, 0.4) is 0 Å². The van der Waals surface area contributed by atoms with E-state index in [9.17, 15) is 14.7 Å². The summed E-state index contributed by atoms with van der Waals surface area (Å²) in [6, 6.07) is 13.6. The number of pyridine rings is 2. The molecule has 8 heteroatoms. The van der Waals surface area contributed by atoms with Crippen LogP contribution in [0.2, 0.25) is 0 Å². The first-order valence-corrected chi connectivity index (χ1v) is 11.9. The average Bonchev–Trinajstić information content (AvgIpc) is 3.21. The van der Waals surface area contributed by atoms with Crippen LogP contribution in [0.15, 0.2) is 48.7 Å². The Morgan fingerprint density at radius 2 is 2.00 bits per heavy atom. The molecule has 3 aromatic rings. The Balaban J connectivity index is 1.18. The fourth-order valence-corrected chi connectivity index (χ4v) is 4.79. The van der Waals surface area contributed by atoms with E-state index >= 15 is 0 Å². The Bertz CT molecular complexity index is 1210. The van der Waals surface area contributed by atoms with Crippen LogP contribution in [-0.2, 0) is 17.6 Å². The first-order valence-electron chi connectivity index (χ1n) is 11.9. The number of carbonyl (C=O) groups excluding carboxylic acids is 1. The summed E-state index contributed by atoms with van der Waals surface area (Å²) < 4.78 is 0. The third kappa shape index (κ3) is 4.66. The van der Waals surface area contributed by atoms with Crippen LogP contribution < -0.4 is 5.32 Å². The lowest BCUT2D eigenvalue weighted by atomic mass is 9.99. The van der Waals surface area contributed by atoms with Gasteiger partial charge < -0.3 is 20.2 Å². The lowest BCUT2D eigenvalue weighted by Crippen LogP contribution is -2.36. The molecular weight excluding hydrogens is 430 g/mol. The third-order valence-corrected chi connectivity index (χ3v) is 6.71. The lowest BCUT2D eigenvalue weighted by Gasteiger charge is -2.22. The second kappa shape index (κ2) is 9.67. The van der Waals surface area contributed by atoms with Crippen molar-refractivity contribution in [3.8, 4) is 0 Å². The molecule has 0 saturated carbocycles. The Labute approximate surface area is 198 Å². The standard InChI is InChI=1S/C26H29N5O3/c32-25(33)22(20-15-19-5-1-2-8-23(19)28-16-20)17-31-14-13-30(26(31)34)12-4-7-21-10-9-18-6-3-11-27-24(18)29-21/h1-2,5,8-10,15-16,22H,3-4,6-7,11-14,17H2,(H,27,29)(H,32,33)/t22-/m1/s1. The van der Waals surface area contributed by atoms with E-state index in [0.717, 1.165) is 54.6 Å². The summed E-state index contributed by atoms with van der Waals surface area (Å²) in [6.07, 6.45) is 5.45. The Morgan fingerprint density at radius 3 is 2.88 bits per heavy atom. The maximum atomic E-state index is 13.0. The minimum Gasteiger partial charge on any atom is -0.481 e. The smallest absolute Gasteiger partial charge is 0.320 e. The number of amides is 2. The molecule has 0 radical (unpaired) electrons. The summed E-state index contributed by atoms with van der Waals surface area (Å²) in [5, 5.41) is 14.1. The molecule has 2 aliphatic heterocycles. The third-order valence-electron chi connectivity index (χ3n) is 6.71. The predicted octanol–water partition coefficient (Wildman–Crippen LogP) is 3.53. The monoisotopic (exact) mass is 459 g/mol. The van der Waals surface area contributed by atoms with Gasteiger partial charge in [-0.3, -0.25) is 9.78 Å². The molecule has 0 aliphatic carbocycles. The topological polar surface area (TPSA) is 98.7 Å². The first-order chi connectivity index (χ1) is 16.6. The maximum Gasteiger partial charge on any atom is 0.320 e. The highest BCUT2D eigenvalue weighted by atomic mass is 16.4.